The van der Waals surface area contributed by atoms with Gasteiger partial charge in [0.1, 0.15) is 6.10 Å². The Hall–Kier alpha value is -2.54. The number of hydrogen-bond donors (Lipinski definition) is 1. The molecule has 6 heteroatoms. The van der Waals surface area contributed by atoms with Crippen LogP contribution in [0.4, 0.5) is 0 Å². The Morgan fingerprint density at radius 2 is 2.00 bits per heavy atom. The normalized spacial score (nSPS) is 29.9. The second-order valence-electron chi connectivity index (χ2n) is 9.90. The molecule has 3 aliphatic heterocycles. The first-order valence-electron chi connectivity index (χ1n) is 13.1. The van der Waals surface area contributed by atoms with Crippen LogP contribution in [0.5, 0.6) is 0 Å². The molecule has 0 radical (unpaired) electrons. The van der Waals surface area contributed by atoms with Crippen molar-refractivity contribution in [3.05, 3.63) is 72.4 Å². The highest BCUT2D eigenvalue weighted by Gasteiger charge is 2.19. The Labute approximate surface area is 215 Å². The lowest BCUT2D eigenvalue weighted by molar-refractivity contribution is -0.143. The van der Waals surface area contributed by atoms with Gasteiger partial charge >= 0.3 is 5.97 Å². The van der Waals surface area contributed by atoms with Crippen LogP contribution in [0.3, 0.4) is 0 Å². The van der Waals surface area contributed by atoms with Gasteiger partial charge in [-0.05, 0) is 51.5 Å². The lowest BCUT2D eigenvalue weighted by atomic mass is 9.99. The van der Waals surface area contributed by atoms with E-state index in [0.29, 0.717) is 25.9 Å². The number of allylic oxidation sites excluding steroid dienone is 2. The van der Waals surface area contributed by atoms with Crippen LogP contribution in [0.2, 0.25) is 0 Å². The predicted octanol–water partition coefficient (Wildman–Crippen LogP) is 5.25. The van der Waals surface area contributed by atoms with E-state index in [1.165, 1.54) is 17.7 Å². The second kappa shape index (κ2) is 14.9. The van der Waals surface area contributed by atoms with Crippen LogP contribution < -0.4 is 0 Å². The highest BCUT2D eigenvalue weighted by Crippen LogP contribution is 2.22. The first-order chi connectivity index (χ1) is 17.4. The van der Waals surface area contributed by atoms with Crippen molar-refractivity contribution < 1.29 is 28.9 Å². The van der Waals surface area contributed by atoms with Crippen molar-refractivity contribution in [2.75, 3.05) is 6.61 Å². The van der Waals surface area contributed by atoms with Crippen LogP contribution in [0.15, 0.2) is 72.4 Å². The number of ketones is 1. The van der Waals surface area contributed by atoms with Gasteiger partial charge in [0.15, 0.2) is 5.78 Å². The van der Waals surface area contributed by atoms with Gasteiger partial charge in [0.25, 0.3) is 0 Å². The molecule has 196 valence electrons. The fraction of sp³-hybridized carbons (Fsp3) is 0.533. The van der Waals surface area contributed by atoms with Gasteiger partial charge in [-0.15, -0.1) is 0 Å². The Kier molecular flexibility index (Phi) is 11.6. The Balaban J connectivity index is 1.63. The smallest absolute Gasteiger partial charge is 0.330 e. The van der Waals surface area contributed by atoms with E-state index in [1.807, 2.05) is 18.2 Å². The minimum absolute atomic E-state index is 0.0266. The number of aliphatic hydroxyl groups is 1. The molecule has 0 spiro atoms. The van der Waals surface area contributed by atoms with Gasteiger partial charge in [-0.3, -0.25) is 4.79 Å². The van der Waals surface area contributed by atoms with Crippen LogP contribution in [0.1, 0.15) is 64.7 Å². The minimum atomic E-state index is -0.805. The predicted molar refractivity (Wildman–Crippen MR) is 140 cm³/mol. The molecule has 0 aliphatic carbocycles. The number of ether oxygens (including phenoxy) is 3. The first kappa shape index (κ1) is 28.0. The summed E-state index contributed by atoms with van der Waals surface area (Å²) in [5, 5.41) is 10.6. The summed E-state index contributed by atoms with van der Waals surface area (Å²) in [4.78, 5) is 24.9. The summed E-state index contributed by atoms with van der Waals surface area (Å²) in [6, 6.07) is 0. The van der Waals surface area contributed by atoms with Crippen molar-refractivity contribution >= 4 is 11.8 Å². The van der Waals surface area contributed by atoms with Crippen molar-refractivity contribution in [3.63, 3.8) is 0 Å². The molecule has 3 aliphatic rings. The number of rotatable bonds is 4. The average molecular weight is 497 g/mol. The van der Waals surface area contributed by atoms with E-state index < -0.39 is 18.2 Å². The topological polar surface area (TPSA) is 82.1 Å². The van der Waals surface area contributed by atoms with E-state index in [0.717, 1.165) is 37.7 Å². The molecule has 3 rings (SSSR count). The van der Waals surface area contributed by atoms with Gasteiger partial charge in [-0.25, -0.2) is 4.79 Å². The highest BCUT2D eigenvalue weighted by molar-refractivity contribution is 5.91. The molecular weight excluding hydrogens is 456 g/mol. The van der Waals surface area contributed by atoms with Crippen molar-refractivity contribution in [3.8, 4) is 0 Å². The number of carbonyl (C=O) groups is 2. The molecule has 0 saturated heterocycles. The van der Waals surface area contributed by atoms with Crippen molar-refractivity contribution in [1.82, 2.24) is 0 Å². The zero-order chi connectivity index (χ0) is 25.8. The largest absolute Gasteiger partial charge is 0.459 e. The van der Waals surface area contributed by atoms with E-state index in [-0.39, 0.29) is 30.5 Å². The number of esters is 1. The van der Waals surface area contributed by atoms with Crippen LogP contribution in [0.25, 0.3) is 0 Å². The van der Waals surface area contributed by atoms with Crippen molar-refractivity contribution in [2.24, 2.45) is 0 Å². The lowest BCUT2D eigenvalue weighted by Gasteiger charge is -2.25. The van der Waals surface area contributed by atoms with E-state index >= 15 is 0 Å². The number of hydrogen-bond acceptors (Lipinski definition) is 6. The molecule has 3 heterocycles. The fourth-order valence-electron chi connectivity index (χ4n) is 4.57. The summed E-state index contributed by atoms with van der Waals surface area (Å²) in [5.74, 6) is -0.501. The number of carbonyl (C=O) groups excluding carboxylic acids is 2. The Bertz CT molecular complexity index is 908. The van der Waals surface area contributed by atoms with Crippen molar-refractivity contribution in [1.29, 1.82) is 0 Å². The second-order valence-corrected chi connectivity index (χ2v) is 9.90. The quantitative estimate of drug-likeness (QED) is 0.423. The van der Waals surface area contributed by atoms with Crippen LogP contribution in [-0.4, -0.2) is 54.0 Å². The van der Waals surface area contributed by atoms with E-state index in [2.05, 4.69) is 19.6 Å². The van der Waals surface area contributed by atoms with E-state index in [4.69, 9.17) is 14.2 Å². The SMILES string of the molecule is C=C1CCCC2CC=CC(CC=CC(=O)OC(CC(O)C=CC3CC(C)=CCO3)CC=CC(=O)C1)O2. The molecular formula is C30H40O6. The number of aliphatic hydroxyl groups excluding tert-OH is 1. The van der Waals surface area contributed by atoms with Crippen molar-refractivity contribution in [2.45, 2.75) is 95.2 Å². The van der Waals surface area contributed by atoms with E-state index in [9.17, 15) is 14.7 Å². The summed E-state index contributed by atoms with van der Waals surface area (Å²) in [7, 11) is 0. The van der Waals surface area contributed by atoms with Gasteiger partial charge in [0.2, 0.25) is 0 Å². The maximum absolute atomic E-state index is 12.5. The summed E-state index contributed by atoms with van der Waals surface area (Å²) in [6.07, 6.45) is 20.6. The van der Waals surface area contributed by atoms with Gasteiger partial charge in [-0.1, -0.05) is 60.3 Å². The third-order valence-electron chi connectivity index (χ3n) is 6.52. The van der Waals surface area contributed by atoms with Crippen LogP contribution in [0, 0.1) is 0 Å². The van der Waals surface area contributed by atoms with Gasteiger partial charge < -0.3 is 19.3 Å². The molecule has 0 aromatic rings. The molecule has 1 N–H and O–H groups in total. The van der Waals surface area contributed by atoms with E-state index in [1.54, 1.807) is 18.2 Å². The first-order valence-corrected chi connectivity index (χ1v) is 13.1. The lowest BCUT2D eigenvalue weighted by Crippen LogP contribution is -2.24. The van der Waals surface area contributed by atoms with Gasteiger partial charge in [0, 0.05) is 25.3 Å². The monoisotopic (exact) mass is 496 g/mol. The average Bonchev–Trinajstić information content (AvgIpc) is 2.82. The number of cyclic esters (lactones) is 1. The zero-order valence-corrected chi connectivity index (χ0v) is 21.3. The summed E-state index contributed by atoms with van der Waals surface area (Å²) >= 11 is 0. The fourth-order valence-corrected chi connectivity index (χ4v) is 4.57. The minimum Gasteiger partial charge on any atom is -0.459 e. The van der Waals surface area contributed by atoms with Gasteiger partial charge in [0.05, 0.1) is 31.0 Å². The third kappa shape index (κ3) is 10.6. The van der Waals surface area contributed by atoms with Crippen LogP contribution in [-0.2, 0) is 23.8 Å². The van der Waals surface area contributed by atoms with Crippen LogP contribution >= 0.6 is 0 Å². The summed E-state index contributed by atoms with van der Waals surface area (Å²) in [5.41, 5.74) is 2.17. The zero-order valence-electron chi connectivity index (χ0n) is 21.3. The molecule has 6 nitrogen and oxygen atoms in total. The summed E-state index contributed by atoms with van der Waals surface area (Å²) < 4.78 is 17.4. The molecule has 2 bridgehead atoms. The Morgan fingerprint density at radius 3 is 2.83 bits per heavy atom. The molecule has 0 amide bonds. The molecule has 36 heavy (non-hydrogen) atoms. The van der Waals surface area contributed by atoms with Gasteiger partial charge in [-0.2, -0.15) is 0 Å². The third-order valence-corrected chi connectivity index (χ3v) is 6.52. The molecule has 5 atom stereocenters. The summed E-state index contributed by atoms with van der Waals surface area (Å²) in [6.45, 7) is 6.69. The maximum Gasteiger partial charge on any atom is 0.330 e. The standard InChI is InChI=1S/C30H40O6/c1-22-7-3-9-26-10-5-11-27(35-26)12-6-14-30(33)36-29(13-4-8-24(31)19-22)21-25(32)15-16-28-20-23(2)17-18-34-28/h4-6,8,11,14-17,25-29,32H,1,3,7,9-10,12-13,18-21H2,2H3. The Morgan fingerprint density at radius 1 is 1.17 bits per heavy atom. The molecule has 0 saturated carbocycles. The molecule has 5 unspecified atom stereocenters. The molecule has 0 aromatic carbocycles. The maximum atomic E-state index is 12.5. The highest BCUT2D eigenvalue weighted by atomic mass is 16.5. The molecule has 0 aromatic heterocycles. The molecule has 0 fully saturated rings. The number of fused-ring (bicyclic) bond motifs is 2.